The zero-order chi connectivity index (χ0) is 36.7. The molecular weight excluding hydrogens is 680 g/mol. The van der Waals surface area contributed by atoms with Gasteiger partial charge < -0.3 is 19.0 Å². The molecule has 0 aliphatic carbocycles. The number of non-ortho nitro benzene ring substituents is 2. The van der Waals surface area contributed by atoms with E-state index in [1.165, 1.54) is 30.3 Å². The summed E-state index contributed by atoms with van der Waals surface area (Å²) in [7, 11) is -4.80. The summed E-state index contributed by atoms with van der Waals surface area (Å²) in [5, 5.41) is 32.4. The Balaban J connectivity index is 1.42. The van der Waals surface area contributed by atoms with Crippen molar-refractivity contribution in [3.8, 4) is 0 Å². The Bertz CT molecular complexity index is 2360. The molecule has 0 amide bonds. The maximum absolute atomic E-state index is 12.0. The van der Waals surface area contributed by atoms with Crippen molar-refractivity contribution in [1.29, 1.82) is 0 Å². The summed E-state index contributed by atoms with van der Waals surface area (Å²) in [4.78, 5) is 34.3. The van der Waals surface area contributed by atoms with Crippen molar-refractivity contribution in [2.75, 3.05) is 4.90 Å². The summed E-state index contributed by atoms with van der Waals surface area (Å²) < 4.78 is 44.1. The Morgan fingerprint density at radius 3 is 2.20 bits per heavy atom. The number of nitrogens with zero attached hydrogens (tertiary/aromatic N) is 4. The molecule has 2 heterocycles. The first-order valence-electron chi connectivity index (χ1n) is 15.5. The molecule has 0 fully saturated rings. The number of oxazole rings is 1. The Labute approximate surface area is 291 Å². The van der Waals surface area contributed by atoms with Gasteiger partial charge in [0.1, 0.15) is 10.1 Å². The largest absolute Gasteiger partial charge is 0.744 e. The highest BCUT2D eigenvalue weighted by Crippen LogP contribution is 2.49. The van der Waals surface area contributed by atoms with E-state index >= 15 is 0 Å². The molecule has 14 nitrogen and oxygen atoms in total. The molecule has 0 bridgehead atoms. The maximum Gasteiger partial charge on any atom is 0.374 e. The number of rotatable bonds is 11. The SMILES string of the molecule is CC1(C)/C(=C/C=C/c2oc3ccccc3[n+]2Cc2ccc(CC(=O)O)cc2)N(Cc2cc([N+](=O)[O-])cc([N+](=O)[O-])c2)c2ccc(S(=O)(=O)[O-])cc21. The van der Waals surface area contributed by atoms with Crippen LogP contribution in [0.15, 0.2) is 112 Å². The Morgan fingerprint density at radius 1 is 0.922 bits per heavy atom. The van der Waals surface area contributed by atoms with E-state index in [2.05, 4.69) is 0 Å². The van der Waals surface area contributed by atoms with Crippen LogP contribution in [-0.2, 0) is 39.8 Å². The lowest BCUT2D eigenvalue weighted by atomic mass is 9.83. The van der Waals surface area contributed by atoms with Crippen molar-refractivity contribution < 1.29 is 41.7 Å². The van der Waals surface area contributed by atoms with Crippen molar-refractivity contribution in [3.05, 3.63) is 151 Å². The summed E-state index contributed by atoms with van der Waals surface area (Å²) in [5.74, 6) is -0.439. The molecule has 0 saturated heterocycles. The fraction of sp³-hybridized carbons (Fsp3) is 0.167. The Morgan fingerprint density at radius 2 is 1.57 bits per heavy atom. The predicted molar refractivity (Wildman–Crippen MR) is 184 cm³/mol. The highest BCUT2D eigenvalue weighted by atomic mass is 32.2. The molecule has 0 radical (unpaired) electrons. The van der Waals surface area contributed by atoms with Crippen LogP contribution in [0.25, 0.3) is 17.2 Å². The lowest BCUT2D eigenvalue weighted by Gasteiger charge is -2.27. The van der Waals surface area contributed by atoms with Crippen molar-refractivity contribution in [2.24, 2.45) is 0 Å². The average molecular weight is 711 g/mol. The van der Waals surface area contributed by atoms with Gasteiger partial charge in [0.25, 0.3) is 16.9 Å². The molecule has 6 rings (SSSR count). The van der Waals surface area contributed by atoms with Crippen molar-refractivity contribution in [1.82, 2.24) is 0 Å². The molecule has 51 heavy (non-hydrogen) atoms. The monoisotopic (exact) mass is 710 g/mol. The molecule has 4 aromatic carbocycles. The highest BCUT2D eigenvalue weighted by Gasteiger charge is 2.40. The molecule has 1 aliphatic heterocycles. The molecule has 0 unspecified atom stereocenters. The third-order valence-corrected chi connectivity index (χ3v) is 9.56. The topological polar surface area (TPSA) is 201 Å². The van der Waals surface area contributed by atoms with Crippen molar-refractivity contribution >= 4 is 50.3 Å². The van der Waals surface area contributed by atoms with E-state index in [0.29, 0.717) is 40.5 Å². The third kappa shape index (κ3) is 7.11. The summed E-state index contributed by atoms with van der Waals surface area (Å²) in [6, 6.07) is 22.0. The number of benzene rings is 4. The smallest absolute Gasteiger partial charge is 0.374 e. The zero-order valence-electron chi connectivity index (χ0n) is 27.3. The normalized spacial score (nSPS) is 14.7. The number of carboxylic acid groups (broad SMARTS) is 1. The van der Waals surface area contributed by atoms with Crippen molar-refractivity contribution in [2.45, 2.75) is 43.7 Å². The number of hydrogen-bond acceptors (Lipinski definition) is 10. The lowest BCUT2D eigenvalue weighted by Crippen LogP contribution is -2.35. The first-order chi connectivity index (χ1) is 24.1. The number of carbonyl (C=O) groups is 1. The third-order valence-electron chi connectivity index (χ3n) is 8.73. The van der Waals surface area contributed by atoms with E-state index in [4.69, 9.17) is 9.52 Å². The number of para-hydroxylation sites is 2. The predicted octanol–water partition coefficient (Wildman–Crippen LogP) is 6.01. The Kier molecular flexibility index (Phi) is 9.01. The molecule has 0 atom stereocenters. The van der Waals surface area contributed by atoms with Crippen LogP contribution < -0.4 is 9.47 Å². The second-order valence-corrected chi connectivity index (χ2v) is 13.9. The van der Waals surface area contributed by atoms with E-state index in [0.717, 1.165) is 17.1 Å². The molecule has 260 valence electrons. The van der Waals surface area contributed by atoms with Gasteiger partial charge in [-0.3, -0.25) is 25.0 Å². The van der Waals surface area contributed by atoms with E-state index in [-0.39, 0.29) is 18.5 Å². The van der Waals surface area contributed by atoms with Crippen LogP contribution in [0.4, 0.5) is 17.1 Å². The van der Waals surface area contributed by atoms with Crippen molar-refractivity contribution in [3.63, 3.8) is 0 Å². The minimum Gasteiger partial charge on any atom is -0.744 e. The molecule has 1 aliphatic rings. The van der Waals surface area contributed by atoms with Gasteiger partial charge in [-0.05, 0) is 47.0 Å². The summed E-state index contributed by atoms with van der Waals surface area (Å²) in [6.07, 6.45) is 5.17. The van der Waals surface area contributed by atoms with Crippen LogP contribution in [0.2, 0.25) is 0 Å². The molecular formula is C36H30N4O10S. The molecule has 5 aromatic rings. The van der Waals surface area contributed by atoms with Gasteiger partial charge in [-0.2, -0.15) is 4.57 Å². The van der Waals surface area contributed by atoms with Crippen LogP contribution in [0.3, 0.4) is 0 Å². The van der Waals surface area contributed by atoms with Gasteiger partial charge in [0, 0.05) is 47.1 Å². The lowest BCUT2D eigenvalue weighted by molar-refractivity contribution is -0.669. The van der Waals surface area contributed by atoms with Crippen LogP contribution >= 0.6 is 0 Å². The number of carboxylic acids is 1. The van der Waals surface area contributed by atoms with Crippen LogP contribution in [0.1, 0.15) is 42.0 Å². The number of aliphatic carboxylic acids is 1. The first-order valence-corrected chi connectivity index (χ1v) is 16.9. The molecule has 1 aromatic heterocycles. The summed E-state index contributed by atoms with van der Waals surface area (Å²) in [5.41, 5.74) is 3.11. The van der Waals surface area contributed by atoms with E-state index in [1.807, 2.05) is 54.8 Å². The van der Waals surface area contributed by atoms with Crippen LogP contribution in [0, 0.1) is 20.2 Å². The van der Waals surface area contributed by atoms with Gasteiger partial charge in [-0.1, -0.05) is 56.3 Å². The van der Waals surface area contributed by atoms with Gasteiger partial charge in [-0.15, -0.1) is 0 Å². The molecule has 15 heteroatoms. The number of allylic oxidation sites excluding steroid dienone is 3. The van der Waals surface area contributed by atoms with Gasteiger partial charge >= 0.3 is 11.9 Å². The maximum atomic E-state index is 12.0. The second kappa shape index (κ2) is 13.3. The number of nitro benzene ring substituents is 2. The fourth-order valence-corrected chi connectivity index (χ4v) is 6.80. The highest BCUT2D eigenvalue weighted by molar-refractivity contribution is 7.85. The number of nitro groups is 2. The number of anilines is 1. The fourth-order valence-electron chi connectivity index (χ4n) is 6.30. The summed E-state index contributed by atoms with van der Waals surface area (Å²) in [6.45, 7) is 4.02. The number of fused-ring (bicyclic) bond motifs is 2. The standard InChI is InChI=1S/C36H30N4O10S/c1-36(2)29-20-28(51(47,48)49)14-15-30(29)37(22-25-16-26(39(43)44)19-27(17-25)40(45)46)33(36)8-5-9-34-38(31-6-3-4-7-32(31)50-34)21-24-12-10-23(11-13-24)18-35(41)42/h3-17,19-20H,18,21-22H2,1-2H3,(H-,41,42,47,48,49). The molecule has 1 N–H and O–H groups in total. The minimum absolute atomic E-state index is 0.0510. The minimum atomic E-state index is -4.80. The van der Waals surface area contributed by atoms with Gasteiger partial charge in [-0.25, -0.2) is 8.42 Å². The first kappa shape index (κ1) is 34.7. The van der Waals surface area contributed by atoms with Gasteiger partial charge in [0.2, 0.25) is 5.58 Å². The van der Waals surface area contributed by atoms with Crippen LogP contribution in [-0.4, -0.2) is 33.9 Å². The Hall–Kier alpha value is -6.19. The van der Waals surface area contributed by atoms with Crippen LogP contribution in [0.5, 0.6) is 0 Å². The van der Waals surface area contributed by atoms with Gasteiger partial charge in [0.15, 0.2) is 6.54 Å². The van der Waals surface area contributed by atoms with E-state index in [1.54, 1.807) is 35.3 Å². The van der Waals surface area contributed by atoms with E-state index in [9.17, 15) is 38.0 Å². The van der Waals surface area contributed by atoms with E-state index < -0.39 is 47.6 Å². The summed E-state index contributed by atoms with van der Waals surface area (Å²) >= 11 is 0. The second-order valence-electron chi connectivity index (χ2n) is 12.5. The van der Waals surface area contributed by atoms with Gasteiger partial charge in [0.05, 0.1) is 33.3 Å². The number of hydrogen-bond donors (Lipinski definition) is 1. The molecule has 0 spiro atoms. The number of aromatic nitrogens is 1. The molecule has 0 saturated carbocycles. The average Bonchev–Trinajstić information content (AvgIpc) is 3.51. The zero-order valence-corrected chi connectivity index (χ0v) is 28.1. The quantitative estimate of drug-likeness (QED) is 0.0728.